The van der Waals surface area contributed by atoms with E-state index in [2.05, 4.69) is 10.2 Å². The summed E-state index contributed by atoms with van der Waals surface area (Å²) in [5, 5.41) is 15.8. The van der Waals surface area contributed by atoms with Gasteiger partial charge in [0.25, 0.3) is 17.4 Å². The monoisotopic (exact) mass is 291 g/mol. The number of amides is 2. The van der Waals surface area contributed by atoms with Crippen molar-refractivity contribution in [3.05, 3.63) is 27.8 Å². The van der Waals surface area contributed by atoms with E-state index in [4.69, 9.17) is 0 Å². The number of nitrogens with zero attached hydrogens (tertiary/aromatic N) is 4. The number of aromatic amines is 1. The first kappa shape index (κ1) is 13.3. The topological polar surface area (TPSA) is 112 Å². The normalized spacial score (nSPS) is 14.4. The van der Waals surface area contributed by atoms with Crippen LogP contribution in [0.1, 0.15) is 21.0 Å². The van der Waals surface area contributed by atoms with Crippen LogP contribution in [0.15, 0.2) is 10.9 Å². The van der Waals surface area contributed by atoms with Gasteiger partial charge in [0.05, 0.1) is 10.9 Å². The lowest BCUT2D eigenvalue weighted by Gasteiger charge is -2.25. The molecule has 0 spiro atoms. The van der Waals surface area contributed by atoms with Gasteiger partial charge in [-0.3, -0.25) is 19.6 Å². The lowest BCUT2D eigenvalue weighted by atomic mass is 10.2. The highest BCUT2D eigenvalue weighted by atomic mass is 16.5. The van der Waals surface area contributed by atoms with Gasteiger partial charge in [-0.2, -0.15) is 5.10 Å². The fourth-order valence-electron chi connectivity index (χ4n) is 2.46. The zero-order valence-corrected chi connectivity index (χ0v) is 11.5. The number of nitrogens with one attached hydrogen (secondary N) is 1. The summed E-state index contributed by atoms with van der Waals surface area (Å²) in [6.07, 6.45) is 0. The standard InChI is InChI=1S/C12H13N5O4/c1-15-3-4-17-7(11(15)19)5-6-9(17)8(12(20)16(2)21)13-14-10(6)18/h5,21H,3-4H2,1-2H3,(H,14,18). The molecule has 0 atom stereocenters. The molecule has 3 rings (SSSR count). The quantitative estimate of drug-likeness (QED) is 0.531. The number of H-pyrrole nitrogens is 1. The zero-order chi connectivity index (χ0) is 15.3. The number of carbonyl (C=O) groups excluding carboxylic acids is 2. The molecule has 2 aromatic rings. The Balaban J connectivity index is 2.36. The second-order valence-electron chi connectivity index (χ2n) is 4.90. The fourth-order valence-corrected chi connectivity index (χ4v) is 2.46. The molecule has 1 aliphatic rings. The Hall–Kier alpha value is -2.68. The third-order valence-electron chi connectivity index (χ3n) is 3.56. The SMILES string of the molecule is CN(O)C(=O)c1n[nH]c(=O)c2cc3n(c12)CCN(C)C3=O. The Kier molecular flexibility index (Phi) is 2.80. The molecule has 2 N–H and O–H groups in total. The summed E-state index contributed by atoms with van der Waals surface area (Å²) in [7, 11) is 2.83. The molecule has 0 unspecified atom stereocenters. The van der Waals surface area contributed by atoms with Crippen LogP contribution in [0.3, 0.4) is 0 Å². The third kappa shape index (κ3) is 1.82. The van der Waals surface area contributed by atoms with E-state index in [9.17, 15) is 19.6 Å². The number of hydroxylamine groups is 2. The summed E-state index contributed by atoms with van der Waals surface area (Å²) in [6.45, 7) is 0.909. The van der Waals surface area contributed by atoms with Gasteiger partial charge in [-0.1, -0.05) is 0 Å². The molecule has 0 aromatic carbocycles. The van der Waals surface area contributed by atoms with Crippen molar-refractivity contribution in [3.8, 4) is 0 Å². The average Bonchev–Trinajstić information content (AvgIpc) is 2.84. The molecule has 0 saturated carbocycles. The number of carbonyl (C=O) groups is 2. The average molecular weight is 291 g/mol. The molecule has 0 saturated heterocycles. The zero-order valence-electron chi connectivity index (χ0n) is 11.5. The van der Waals surface area contributed by atoms with Crippen LogP contribution in [0, 0.1) is 0 Å². The van der Waals surface area contributed by atoms with Gasteiger partial charge in [0.1, 0.15) is 5.69 Å². The van der Waals surface area contributed by atoms with Crippen molar-refractivity contribution in [2.45, 2.75) is 6.54 Å². The van der Waals surface area contributed by atoms with Crippen molar-refractivity contribution in [2.24, 2.45) is 0 Å². The van der Waals surface area contributed by atoms with Crippen LogP contribution in [0.25, 0.3) is 10.9 Å². The largest absolute Gasteiger partial charge is 0.339 e. The highest BCUT2D eigenvalue weighted by Crippen LogP contribution is 2.23. The Morgan fingerprint density at radius 1 is 1.43 bits per heavy atom. The fraction of sp³-hybridized carbons (Fsp3) is 0.333. The summed E-state index contributed by atoms with van der Waals surface area (Å²) >= 11 is 0. The lowest BCUT2D eigenvalue weighted by molar-refractivity contribution is -0.0379. The number of rotatable bonds is 1. The first-order valence-electron chi connectivity index (χ1n) is 6.26. The van der Waals surface area contributed by atoms with Gasteiger partial charge in [0, 0.05) is 27.2 Å². The second-order valence-corrected chi connectivity index (χ2v) is 4.90. The Morgan fingerprint density at radius 3 is 2.81 bits per heavy atom. The van der Waals surface area contributed by atoms with Crippen LogP contribution in [0.4, 0.5) is 0 Å². The number of aromatic nitrogens is 3. The van der Waals surface area contributed by atoms with Crippen LogP contribution < -0.4 is 5.56 Å². The molecule has 1 aliphatic heterocycles. The van der Waals surface area contributed by atoms with Crippen molar-refractivity contribution < 1.29 is 14.8 Å². The number of likely N-dealkylation sites (N-methyl/N-ethyl adjacent to an activating group) is 1. The van der Waals surface area contributed by atoms with Gasteiger partial charge in [-0.25, -0.2) is 10.2 Å². The molecule has 9 nitrogen and oxygen atoms in total. The molecular weight excluding hydrogens is 278 g/mol. The smallest absolute Gasteiger partial charge is 0.299 e. The van der Waals surface area contributed by atoms with Crippen LogP contribution >= 0.6 is 0 Å². The Bertz CT molecular complexity index is 819. The number of hydrogen-bond acceptors (Lipinski definition) is 5. The van der Waals surface area contributed by atoms with E-state index >= 15 is 0 Å². The molecule has 9 heteroatoms. The van der Waals surface area contributed by atoms with Crippen molar-refractivity contribution in [2.75, 3.05) is 20.6 Å². The van der Waals surface area contributed by atoms with Crippen molar-refractivity contribution in [1.82, 2.24) is 24.7 Å². The van der Waals surface area contributed by atoms with E-state index in [-0.39, 0.29) is 22.5 Å². The number of hydrogen-bond donors (Lipinski definition) is 2. The van der Waals surface area contributed by atoms with E-state index in [1.807, 2.05) is 0 Å². The minimum absolute atomic E-state index is 0.0989. The van der Waals surface area contributed by atoms with Crippen molar-refractivity contribution in [1.29, 1.82) is 0 Å². The maximum atomic E-state index is 12.1. The van der Waals surface area contributed by atoms with E-state index < -0.39 is 11.5 Å². The van der Waals surface area contributed by atoms with Crippen LogP contribution in [-0.2, 0) is 6.54 Å². The molecular formula is C12H13N5O4. The van der Waals surface area contributed by atoms with Gasteiger partial charge in [0.15, 0.2) is 5.69 Å². The van der Waals surface area contributed by atoms with Crippen molar-refractivity contribution >= 4 is 22.7 Å². The molecule has 2 amide bonds. The molecule has 0 aliphatic carbocycles. The summed E-state index contributed by atoms with van der Waals surface area (Å²) in [6, 6.07) is 1.45. The predicted molar refractivity (Wildman–Crippen MR) is 71.2 cm³/mol. The van der Waals surface area contributed by atoms with Crippen molar-refractivity contribution in [3.63, 3.8) is 0 Å². The first-order valence-corrected chi connectivity index (χ1v) is 6.26. The molecule has 3 heterocycles. The van der Waals surface area contributed by atoms with Gasteiger partial charge < -0.3 is 9.47 Å². The molecule has 2 aromatic heterocycles. The predicted octanol–water partition coefficient (Wildman–Crippen LogP) is -0.729. The summed E-state index contributed by atoms with van der Waals surface area (Å²) in [5.74, 6) is -0.990. The minimum atomic E-state index is -0.761. The van der Waals surface area contributed by atoms with Gasteiger partial charge in [-0.05, 0) is 6.07 Å². The van der Waals surface area contributed by atoms with Gasteiger partial charge in [0.2, 0.25) is 0 Å². The van der Waals surface area contributed by atoms with E-state index in [0.29, 0.717) is 23.8 Å². The van der Waals surface area contributed by atoms with Crippen LogP contribution in [0.5, 0.6) is 0 Å². The van der Waals surface area contributed by atoms with E-state index in [0.717, 1.165) is 0 Å². The summed E-state index contributed by atoms with van der Waals surface area (Å²) in [4.78, 5) is 37.5. The highest BCUT2D eigenvalue weighted by molar-refractivity contribution is 6.06. The minimum Gasteiger partial charge on any atom is -0.339 e. The van der Waals surface area contributed by atoms with Crippen LogP contribution in [-0.4, -0.2) is 62.4 Å². The van der Waals surface area contributed by atoms with Gasteiger partial charge in [-0.15, -0.1) is 0 Å². The van der Waals surface area contributed by atoms with Gasteiger partial charge >= 0.3 is 0 Å². The third-order valence-corrected chi connectivity index (χ3v) is 3.56. The molecule has 0 radical (unpaired) electrons. The van der Waals surface area contributed by atoms with Crippen LogP contribution in [0.2, 0.25) is 0 Å². The molecule has 0 bridgehead atoms. The molecule has 0 fully saturated rings. The van der Waals surface area contributed by atoms with E-state index in [1.54, 1.807) is 11.6 Å². The molecule has 110 valence electrons. The Labute approximate surface area is 118 Å². The highest BCUT2D eigenvalue weighted by Gasteiger charge is 2.28. The van der Waals surface area contributed by atoms with E-state index in [1.165, 1.54) is 18.0 Å². The molecule has 21 heavy (non-hydrogen) atoms. The summed E-state index contributed by atoms with van der Waals surface area (Å²) in [5.41, 5.74) is 0.00527. The lowest BCUT2D eigenvalue weighted by Crippen LogP contribution is -2.37. The number of fused-ring (bicyclic) bond motifs is 3. The first-order chi connectivity index (χ1) is 9.91. The second kappa shape index (κ2) is 4.42. The maximum absolute atomic E-state index is 12.1. The maximum Gasteiger partial charge on any atom is 0.299 e. The Morgan fingerprint density at radius 2 is 2.14 bits per heavy atom. The summed E-state index contributed by atoms with van der Waals surface area (Å²) < 4.78 is 1.59.